The zero-order valence-electron chi connectivity index (χ0n) is 16.4. The predicted molar refractivity (Wildman–Crippen MR) is 118 cm³/mol. The van der Waals surface area contributed by atoms with Crippen molar-refractivity contribution < 1.29 is 18.3 Å². The highest BCUT2D eigenvalue weighted by molar-refractivity contribution is 7.99. The fourth-order valence-corrected chi connectivity index (χ4v) is 6.81. The first-order valence-electron chi connectivity index (χ1n) is 9.98. The molecular formula is C22H20N2O5S2. The number of fused-ring (bicyclic) bond motifs is 2. The average molecular weight is 457 g/mol. The maximum atomic E-state index is 13.1. The molecule has 2 aliphatic rings. The molecule has 1 atom stereocenters. The van der Waals surface area contributed by atoms with Crippen molar-refractivity contribution in [1.29, 1.82) is 0 Å². The maximum absolute atomic E-state index is 13.1. The predicted octanol–water partition coefficient (Wildman–Crippen LogP) is 3.09. The van der Waals surface area contributed by atoms with Crippen LogP contribution in [0.5, 0.6) is 0 Å². The number of aromatic nitrogens is 1. The Bertz CT molecular complexity index is 1370. The van der Waals surface area contributed by atoms with Gasteiger partial charge in [-0.1, -0.05) is 36.4 Å². The fraction of sp³-hybridized carbons (Fsp3) is 0.273. The molecule has 7 nitrogen and oxygen atoms in total. The van der Waals surface area contributed by atoms with E-state index in [1.807, 2.05) is 18.2 Å². The second-order valence-corrected chi connectivity index (χ2v) is 10.6. The largest absolute Gasteiger partial charge is 0.480 e. The quantitative estimate of drug-likeness (QED) is 0.591. The first-order valence-corrected chi connectivity index (χ1v) is 12.4. The van der Waals surface area contributed by atoms with Gasteiger partial charge in [-0.05, 0) is 41.3 Å². The number of carboxylic acids is 1. The molecule has 1 saturated carbocycles. The molecule has 160 valence electrons. The summed E-state index contributed by atoms with van der Waals surface area (Å²) in [7, 11) is -3.82. The highest BCUT2D eigenvalue weighted by Crippen LogP contribution is 2.48. The van der Waals surface area contributed by atoms with Gasteiger partial charge in [0, 0.05) is 23.8 Å². The highest BCUT2D eigenvalue weighted by atomic mass is 32.2. The second-order valence-electron chi connectivity index (χ2n) is 7.84. The summed E-state index contributed by atoms with van der Waals surface area (Å²) in [5.74, 6) is -0.492. The number of hydrogen-bond donors (Lipinski definition) is 2. The Labute approximate surface area is 183 Å². The average Bonchev–Trinajstić information content (AvgIpc) is 3.48. The van der Waals surface area contributed by atoms with Crippen molar-refractivity contribution in [2.45, 2.75) is 41.3 Å². The van der Waals surface area contributed by atoms with Gasteiger partial charge >= 0.3 is 5.97 Å². The lowest BCUT2D eigenvalue weighted by molar-refractivity contribution is -0.140. The van der Waals surface area contributed by atoms with Gasteiger partial charge in [0.1, 0.15) is 6.04 Å². The van der Waals surface area contributed by atoms with Crippen molar-refractivity contribution in [3.8, 4) is 0 Å². The Morgan fingerprint density at radius 3 is 2.65 bits per heavy atom. The molecule has 2 aromatic carbocycles. The summed E-state index contributed by atoms with van der Waals surface area (Å²) in [5, 5.41) is 11.6. The molecule has 2 heterocycles. The van der Waals surface area contributed by atoms with Crippen molar-refractivity contribution in [2.75, 3.05) is 5.75 Å². The van der Waals surface area contributed by atoms with Gasteiger partial charge in [0.25, 0.3) is 5.56 Å². The number of benzene rings is 2. The van der Waals surface area contributed by atoms with E-state index in [1.165, 1.54) is 22.4 Å². The number of sulfonamides is 1. The first kappa shape index (κ1) is 20.3. The minimum Gasteiger partial charge on any atom is -0.480 e. The summed E-state index contributed by atoms with van der Waals surface area (Å²) >= 11 is 1.36. The lowest BCUT2D eigenvalue weighted by Crippen LogP contribution is -2.31. The van der Waals surface area contributed by atoms with Crippen molar-refractivity contribution in [3.63, 3.8) is 0 Å². The molecule has 0 unspecified atom stereocenters. The second kappa shape index (κ2) is 7.51. The van der Waals surface area contributed by atoms with Crippen molar-refractivity contribution in [1.82, 2.24) is 9.29 Å². The van der Waals surface area contributed by atoms with Crippen LogP contribution in [0.1, 0.15) is 35.9 Å². The van der Waals surface area contributed by atoms with Gasteiger partial charge in [-0.2, -0.15) is 0 Å². The summed E-state index contributed by atoms with van der Waals surface area (Å²) in [4.78, 5) is 24.5. The van der Waals surface area contributed by atoms with Crippen LogP contribution in [0.25, 0.3) is 10.8 Å². The normalized spacial score (nSPS) is 18.3. The monoisotopic (exact) mass is 456 g/mol. The number of rotatable bonds is 6. The van der Waals surface area contributed by atoms with E-state index >= 15 is 0 Å². The van der Waals surface area contributed by atoms with Gasteiger partial charge in [-0.15, -0.1) is 11.8 Å². The van der Waals surface area contributed by atoms with Crippen LogP contribution in [0.2, 0.25) is 0 Å². The van der Waals surface area contributed by atoms with Crippen LogP contribution in [0.4, 0.5) is 0 Å². The topological polar surface area (TPSA) is 105 Å². The molecule has 3 aromatic rings. The van der Waals surface area contributed by atoms with E-state index in [2.05, 4.69) is 4.72 Å². The number of thioether (sulfide) groups is 1. The SMILES string of the molecule is O=C(O)[C@@H]1CSc2c(C3CC3)c(CNS(=O)(=O)c3cccc4ccccc34)cc(=O)n21. The molecule has 0 radical (unpaired) electrons. The lowest BCUT2D eigenvalue weighted by atomic mass is 10.1. The molecular weight excluding hydrogens is 436 g/mol. The third kappa shape index (κ3) is 3.56. The Morgan fingerprint density at radius 2 is 1.90 bits per heavy atom. The van der Waals surface area contributed by atoms with Crippen LogP contribution in [0.15, 0.2) is 63.2 Å². The third-order valence-electron chi connectivity index (χ3n) is 5.78. The van der Waals surface area contributed by atoms with Crippen molar-refractivity contribution in [2.24, 2.45) is 0 Å². The number of aliphatic carboxylic acids is 1. The number of hydrogen-bond acceptors (Lipinski definition) is 5. The smallest absolute Gasteiger partial charge is 0.327 e. The van der Waals surface area contributed by atoms with Crippen LogP contribution in [0, 0.1) is 0 Å². The minimum absolute atomic E-state index is 0.0151. The molecule has 9 heteroatoms. The van der Waals surface area contributed by atoms with Gasteiger partial charge in [-0.25, -0.2) is 17.9 Å². The summed E-state index contributed by atoms with van der Waals surface area (Å²) in [5.41, 5.74) is 1.13. The van der Waals surface area contributed by atoms with Crippen LogP contribution < -0.4 is 10.3 Å². The Balaban J connectivity index is 1.52. The third-order valence-corrected chi connectivity index (χ3v) is 8.41. The fourth-order valence-electron chi connectivity index (χ4n) is 4.16. The minimum atomic E-state index is -3.82. The van der Waals surface area contributed by atoms with Gasteiger partial charge in [0.2, 0.25) is 10.0 Å². The van der Waals surface area contributed by atoms with E-state index in [0.29, 0.717) is 21.7 Å². The molecule has 31 heavy (non-hydrogen) atoms. The van der Waals surface area contributed by atoms with Gasteiger partial charge in [-0.3, -0.25) is 9.36 Å². The number of carbonyl (C=O) groups is 1. The summed E-state index contributed by atoms with van der Waals surface area (Å²) in [6, 6.07) is 12.9. The van der Waals surface area contributed by atoms with Gasteiger partial charge in [0.15, 0.2) is 0 Å². The maximum Gasteiger partial charge on any atom is 0.327 e. The molecule has 5 rings (SSSR count). The van der Waals surface area contributed by atoms with Crippen LogP contribution in [-0.2, 0) is 21.4 Å². The van der Waals surface area contributed by atoms with Crippen LogP contribution in [0.3, 0.4) is 0 Å². The van der Waals surface area contributed by atoms with Gasteiger partial charge < -0.3 is 5.11 Å². The van der Waals surface area contributed by atoms with Crippen LogP contribution in [-0.4, -0.2) is 29.8 Å². The highest BCUT2D eigenvalue weighted by Gasteiger charge is 2.37. The molecule has 0 amide bonds. The van der Waals surface area contributed by atoms with E-state index in [-0.39, 0.29) is 17.4 Å². The zero-order chi connectivity index (χ0) is 21.8. The lowest BCUT2D eigenvalue weighted by Gasteiger charge is -2.17. The summed E-state index contributed by atoms with van der Waals surface area (Å²) in [6.45, 7) is -0.0151. The van der Waals surface area contributed by atoms with E-state index < -0.39 is 27.6 Å². The van der Waals surface area contributed by atoms with Crippen molar-refractivity contribution >= 4 is 38.5 Å². The van der Waals surface area contributed by atoms with E-state index in [1.54, 1.807) is 24.3 Å². The number of carboxylic acid groups (broad SMARTS) is 1. The molecule has 0 saturated heterocycles. The number of nitrogens with zero attached hydrogens (tertiary/aromatic N) is 1. The van der Waals surface area contributed by atoms with Gasteiger partial charge in [0.05, 0.1) is 9.92 Å². The molecule has 1 fully saturated rings. The molecule has 1 aromatic heterocycles. The molecule has 1 aliphatic carbocycles. The Kier molecular flexibility index (Phi) is 4.91. The Hall–Kier alpha value is -2.62. The standard InChI is InChI=1S/C22H20N2O5S2/c25-19-10-15(20(14-8-9-14)21-24(19)17(12-30-21)22(26)27)11-23-31(28,29)18-7-3-5-13-4-1-2-6-16(13)18/h1-7,10,14,17,23H,8-9,11-12H2,(H,26,27)/t17-/m0/s1. The molecule has 0 bridgehead atoms. The van der Waals surface area contributed by atoms with Crippen molar-refractivity contribution in [3.05, 3.63) is 70.0 Å². The summed E-state index contributed by atoms with van der Waals surface area (Å²) in [6.07, 6.45) is 1.90. The molecule has 1 aliphatic heterocycles. The molecule has 0 spiro atoms. The van der Waals surface area contributed by atoms with Crippen LogP contribution >= 0.6 is 11.8 Å². The summed E-state index contributed by atoms with van der Waals surface area (Å²) < 4.78 is 30.2. The van der Waals surface area contributed by atoms with E-state index in [4.69, 9.17) is 0 Å². The number of nitrogens with one attached hydrogen (secondary N) is 1. The number of pyridine rings is 1. The first-order chi connectivity index (χ1) is 14.9. The zero-order valence-corrected chi connectivity index (χ0v) is 18.1. The van der Waals surface area contributed by atoms with E-state index in [0.717, 1.165) is 23.8 Å². The Morgan fingerprint density at radius 1 is 1.16 bits per heavy atom. The molecule has 2 N–H and O–H groups in total. The van der Waals surface area contributed by atoms with E-state index in [9.17, 15) is 23.1 Å².